The second kappa shape index (κ2) is 5.19. The molecule has 1 aliphatic rings. The van der Waals surface area contributed by atoms with Gasteiger partial charge in [-0.25, -0.2) is 0 Å². The standard InChI is InChI=1S/C9H18N2O2/c1-2-4-10-6-9(13)11-5-3-8(12)7-11/h8,10,12H,2-7H2,1H3. The number of β-amino-alcohol motifs (C(OH)–C–C–N with tert-alkyl or cyclic N) is 1. The van der Waals surface area contributed by atoms with Crippen molar-refractivity contribution < 1.29 is 9.90 Å². The second-order valence-electron chi connectivity index (χ2n) is 3.46. The van der Waals surface area contributed by atoms with Crippen LogP contribution in [0.1, 0.15) is 19.8 Å². The van der Waals surface area contributed by atoms with Gasteiger partial charge in [0.15, 0.2) is 0 Å². The molecule has 0 spiro atoms. The summed E-state index contributed by atoms with van der Waals surface area (Å²) in [5.74, 6) is 0.102. The van der Waals surface area contributed by atoms with Crippen molar-refractivity contribution in [2.45, 2.75) is 25.9 Å². The Bertz CT molecular complexity index is 173. The Labute approximate surface area is 78.9 Å². The molecule has 0 radical (unpaired) electrons. The molecule has 0 aromatic carbocycles. The molecule has 1 aliphatic heterocycles. The Kier molecular flexibility index (Phi) is 4.18. The predicted molar refractivity (Wildman–Crippen MR) is 50.4 cm³/mol. The number of aliphatic hydroxyl groups excluding tert-OH is 1. The van der Waals surface area contributed by atoms with Crippen LogP contribution in [0.3, 0.4) is 0 Å². The third-order valence-electron chi connectivity index (χ3n) is 2.22. The molecule has 1 heterocycles. The molecule has 1 amide bonds. The van der Waals surface area contributed by atoms with Crippen LogP contribution < -0.4 is 5.32 Å². The van der Waals surface area contributed by atoms with Crippen LogP contribution in [-0.2, 0) is 4.79 Å². The Morgan fingerprint density at radius 1 is 1.69 bits per heavy atom. The molecule has 0 aromatic rings. The SMILES string of the molecule is CCCNCC(=O)N1CCC(O)C1. The molecule has 0 saturated carbocycles. The zero-order valence-corrected chi connectivity index (χ0v) is 8.12. The number of nitrogens with zero attached hydrogens (tertiary/aromatic N) is 1. The van der Waals surface area contributed by atoms with Gasteiger partial charge < -0.3 is 15.3 Å². The first-order valence-corrected chi connectivity index (χ1v) is 4.90. The topological polar surface area (TPSA) is 52.6 Å². The first kappa shape index (κ1) is 10.5. The molecule has 1 unspecified atom stereocenters. The number of hydrogen-bond acceptors (Lipinski definition) is 3. The summed E-state index contributed by atoms with van der Waals surface area (Å²) in [5.41, 5.74) is 0. The number of hydrogen-bond donors (Lipinski definition) is 2. The molecule has 76 valence electrons. The lowest BCUT2D eigenvalue weighted by atomic mass is 10.3. The summed E-state index contributed by atoms with van der Waals surface area (Å²) >= 11 is 0. The minimum absolute atomic E-state index is 0.102. The second-order valence-corrected chi connectivity index (χ2v) is 3.46. The minimum Gasteiger partial charge on any atom is -0.391 e. The third kappa shape index (κ3) is 3.32. The summed E-state index contributed by atoms with van der Waals surface area (Å²) in [6, 6.07) is 0. The summed E-state index contributed by atoms with van der Waals surface area (Å²) in [6.45, 7) is 4.56. The molecule has 1 atom stereocenters. The van der Waals surface area contributed by atoms with E-state index < -0.39 is 0 Å². The maximum absolute atomic E-state index is 11.4. The normalized spacial score (nSPS) is 22.3. The maximum atomic E-state index is 11.4. The monoisotopic (exact) mass is 186 g/mol. The molecule has 1 fully saturated rings. The van der Waals surface area contributed by atoms with E-state index in [1.807, 2.05) is 0 Å². The smallest absolute Gasteiger partial charge is 0.236 e. The van der Waals surface area contributed by atoms with Crippen molar-refractivity contribution in [3.63, 3.8) is 0 Å². The molecule has 13 heavy (non-hydrogen) atoms. The van der Waals surface area contributed by atoms with E-state index in [-0.39, 0.29) is 12.0 Å². The lowest BCUT2D eigenvalue weighted by Gasteiger charge is -2.15. The fourth-order valence-electron chi connectivity index (χ4n) is 1.45. The third-order valence-corrected chi connectivity index (χ3v) is 2.22. The number of aliphatic hydroxyl groups is 1. The van der Waals surface area contributed by atoms with E-state index in [1.165, 1.54) is 0 Å². The van der Waals surface area contributed by atoms with E-state index in [9.17, 15) is 9.90 Å². The zero-order valence-electron chi connectivity index (χ0n) is 8.12. The van der Waals surface area contributed by atoms with Gasteiger partial charge in [0.25, 0.3) is 0 Å². The lowest BCUT2D eigenvalue weighted by molar-refractivity contribution is -0.129. The summed E-state index contributed by atoms with van der Waals surface area (Å²) in [4.78, 5) is 13.1. The van der Waals surface area contributed by atoms with Crippen LogP contribution in [0.5, 0.6) is 0 Å². The molecule has 0 aromatic heterocycles. The van der Waals surface area contributed by atoms with Crippen LogP contribution >= 0.6 is 0 Å². The van der Waals surface area contributed by atoms with E-state index in [1.54, 1.807) is 4.90 Å². The fraction of sp³-hybridized carbons (Fsp3) is 0.889. The van der Waals surface area contributed by atoms with Crippen molar-refractivity contribution in [3.05, 3.63) is 0 Å². The zero-order chi connectivity index (χ0) is 9.68. The van der Waals surface area contributed by atoms with E-state index in [0.717, 1.165) is 19.4 Å². The van der Waals surface area contributed by atoms with Gasteiger partial charge in [0.2, 0.25) is 5.91 Å². The summed E-state index contributed by atoms with van der Waals surface area (Å²) < 4.78 is 0. The van der Waals surface area contributed by atoms with Crippen LogP contribution in [0, 0.1) is 0 Å². The van der Waals surface area contributed by atoms with Crippen molar-refractivity contribution in [1.29, 1.82) is 0 Å². The largest absolute Gasteiger partial charge is 0.391 e. The number of carbonyl (C=O) groups excluding carboxylic acids is 1. The summed E-state index contributed by atoms with van der Waals surface area (Å²) in [5, 5.41) is 12.3. The molecule has 1 rings (SSSR count). The van der Waals surface area contributed by atoms with Gasteiger partial charge in [-0.2, -0.15) is 0 Å². The molecular formula is C9H18N2O2. The van der Waals surface area contributed by atoms with Crippen molar-refractivity contribution in [3.8, 4) is 0 Å². The Morgan fingerprint density at radius 3 is 3.00 bits per heavy atom. The maximum Gasteiger partial charge on any atom is 0.236 e. The highest BCUT2D eigenvalue weighted by molar-refractivity contribution is 5.78. The van der Waals surface area contributed by atoms with Gasteiger partial charge in [-0.05, 0) is 19.4 Å². The number of carbonyl (C=O) groups is 1. The van der Waals surface area contributed by atoms with Crippen molar-refractivity contribution >= 4 is 5.91 Å². The number of likely N-dealkylation sites (tertiary alicyclic amines) is 1. The average Bonchev–Trinajstić information content (AvgIpc) is 2.52. The highest BCUT2D eigenvalue weighted by Gasteiger charge is 2.23. The highest BCUT2D eigenvalue weighted by atomic mass is 16.3. The van der Waals surface area contributed by atoms with Crippen molar-refractivity contribution in [1.82, 2.24) is 10.2 Å². The van der Waals surface area contributed by atoms with Gasteiger partial charge in [-0.15, -0.1) is 0 Å². The molecule has 0 aliphatic carbocycles. The number of nitrogens with one attached hydrogen (secondary N) is 1. The van der Waals surface area contributed by atoms with Crippen LogP contribution in [0.2, 0.25) is 0 Å². The van der Waals surface area contributed by atoms with Crippen LogP contribution in [0.15, 0.2) is 0 Å². The number of rotatable bonds is 4. The van der Waals surface area contributed by atoms with Gasteiger partial charge in [-0.1, -0.05) is 6.92 Å². The van der Waals surface area contributed by atoms with Crippen LogP contribution in [0.25, 0.3) is 0 Å². The highest BCUT2D eigenvalue weighted by Crippen LogP contribution is 2.07. The van der Waals surface area contributed by atoms with E-state index in [2.05, 4.69) is 12.2 Å². The van der Waals surface area contributed by atoms with Crippen LogP contribution in [-0.4, -0.2) is 48.2 Å². The van der Waals surface area contributed by atoms with Crippen LogP contribution in [0.4, 0.5) is 0 Å². The Hall–Kier alpha value is -0.610. The van der Waals surface area contributed by atoms with Crippen molar-refractivity contribution in [2.24, 2.45) is 0 Å². The lowest BCUT2D eigenvalue weighted by Crippen LogP contribution is -2.37. The van der Waals surface area contributed by atoms with Gasteiger partial charge in [0, 0.05) is 13.1 Å². The number of amides is 1. The first-order chi connectivity index (χ1) is 6.24. The van der Waals surface area contributed by atoms with Gasteiger partial charge >= 0.3 is 0 Å². The predicted octanol–water partition coefficient (Wildman–Crippen LogP) is -0.421. The Balaban J connectivity index is 2.16. The van der Waals surface area contributed by atoms with E-state index in [4.69, 9.17) is 0 Å². The molecule has 2 N–H and O–H groups in total. The molecular weight excluding hydrogens is 168 g/mol. The Morgan fingerprint density at radius 2 is 2.46 bits per heavy atom. The molecule has 1 saturated heterocycles. The average molecular weight is 186 g/mol. The van der Waals surface area contributed by atoms with E-state index in [0.29, 0.717) is 19.6 Å². The summed E-state index contributed by atoms with van der Waals surface area (Å²) in [6.07, 6.45) is 1.45. The van der Waals surface area contributed by atoms with E-state index >= 15 is 0 Å². The fourth-order valence-corrected chi connectivity index (χ4v) is 1.45. The van der Waals surface area contributed by atoms with Gasteiger partial charge in [0.05, 0.1) is 12.6 Å². The van der Waals surface area contributed by atoms with Gasteiger partial charge in [0.1, 0.15) is 0 Å². The summed E-state index contributed by atoms with van der Waals surface area (Å²) in [7, 11) is 0. The quantitative estimate of drug-likeness (QED) is 0.586. The van der Waals surface area contributed by atoms with Gasteiger partial charge in [-0.3, -0.25) is 4.79 Å². The molecule has 4 nitrogen and oxygen atoms in total. The first-order valence-electron chi connectivity index (χ1n) is 4.90. The minimum atomic E-state index is -0.310. The molecule has 0 bridgehead atoms. The molecule has 4 heteroatoms. The van der Waals surface area contributed by atoms with Crippen molar-refractivity contribution in [2.75, 3.05) is 26.2 Å².